The molecule has 0 bridgehead atoms. The highest BCUT2D eigenvalue weighted by atomic mass is 35.5. The molecule has 4 nitrogen and oxygen atoms in total. The number of halogens is 1. The summed E-state index contributed by atoms with van der Waals surface area (Å²) in [5.41, 5.74) is 5.44. The summed E-state index contributed by atoms with van der Waals surface area (Å²) in [5.74, 6) is 0.742. The third kappa shape index (κ3) is 5.56. The molecule has 0 fully saturated rings. The second-order valence-corrected chi connectivity index (χ2v) is 4.32. The summed E-state index contributed by atoms with van der Waals surface area (Å²) >= 11 is 5.73. The molecular weight excluding hydrogens is 240 g/mol. The summed E-state index contributed by atoms with van der Waals surface area (Å²) < 4.78 is 5.29. The SMILES string of the molecule is CC(CN)CNC(=O)COc1ccc(Cl)cc1. The number of carbonyl (C=O) groups excluding carboxylic acids is 1. The molecule has 0 saturated carbocycles. The Morgan fingerprint density at radius 3 is 2.71 bits per heavy atom. The van der Waals surface area contributed by atoms with Crippen molar-refractivity contribution in [2.45, 2.75) is 6.92 Å². The van der Waals surface area contributed by atoms with Gasteiger partial charge in [0.1, 0.15) is 5.75 Å². The number of carbonyl (C=O) groups is 1. The first-order chi connectivity index (χ1) is 8.11. The van der Waals surface area contributed by atoms with Gasteiger partial charge in [-0.25, -0.2) is 0 Å². The van der Waals surface area contributed by atoms with Gasteiger partial charge < -0.3 is 15.8 Å². The Labute approximate surface area is 106 Å². The van der Waals surface area contributed by atoms with Gasteiger partial charge in [0.2, 0.25) is 0 Å². The van der Waals surface area contributed by atoms with Crippen LogP contribution in [-0.4, -0.2) is 25.6 Å². The summed E-state index contributed by atoms with van der Waals surface area (Å²) in [7, 11) is 0. The van der Waals surface area contributed by atoms with Crippen LogP contribution in [0.5, 0.6) is 5.75 Å². The van der Waals surface area contributed by atoms with Gasteiger partial charge in [-0.1, -0.05) is 18.5 Å². The third-order valence-electron chi connectivity index (χ3n) is 2.23. The number of benzene rings is 1. The van der Waals surface area contributed by atoms with Gasteiger partial charge in [-0.2, -0.15) is 0 Å². The lowest BCUT2D eigenvalue weighted by Crippen LogP contribution is -2.34. The van der Waals surface area contributed by atoms with Crippen LogP contribution in [-0.2, 0) is 4.79 Å². The van der Waals surface area contributed by atoms with Gasteiger partial charge >= 0.3 is 0 Å². The monoisotopic (exact) mass is 256 g/mol. The van der Waals surface area contributed by atoms with Crippen molar-refractivity contribution >= 4 is 17.5 Å². The number of ether oxygens (including phenoxy) is 1. The Morgan fingerprint density at radius 2 is 2.12 bits per heavy atom. The number of nitrogens with one attached hydrogen (secondary N) is 1. The minimum Gasteiger partial charge on any atom is -0.484 e. The molecule has 94 valence electrons. The second-order valence-electron chi connectivity index (χ2n) is 3.89. The summed E-state index contributed by atoms with van der Waals surface area (Å²) in [6.07, 6.45) is 0. The molecule has 0 aliphatic carbocycles. The van der Waals surface area contributed by atoms with E-state index < -0.39 is 0 Å². The van der Waals surface area contributed by atoms with Crippen LogP contribution in [0.3, 0.4) is 0 Å². The molecular formula is C12H17ClN2O2. The minimum absolute atomic E-state index is 0.00107. The Bertz CT molecular complexity index is 354. The highest BCUT2D eigenvalue weighted by Gasteiger charge is 2.04. The van der Waals surface area contributed by atoms with Gasteiger partial charge in [0.05, 0.1) is 0 Å². The lowest BCUT2D eigenvalue weighted by Gasteiger charge is -2.10. The Balaban J connectivity index is 2.26. The number of nitrogens with two attached hydrogens (primary N) is 1. The van der Waals surface area contributed by atoms with Gasteiger partial charge in [0, 0.05) is 11.6 Å². The molecule has 17 heavy (non-hydrogen) atoms. The maximum atomic E-state index is 11.4. The van der Waals surface area contributed by atoms with Crippen LogP contribution in [0.4, 0.5) is 0 Å². The molecule has 0 aliphatic rings. The van der Waals surface area contributed by atoms with Gasteiger partial charge in [-0.3, -0.25) is 4.79 Å². The van der Waals surface area contributed by atoms with E-state index in [1.165, 1.54) is 0 Å². The molecule has 1 amide bonds. The largest absolute Gasteiger partial charge is 0.484 e. The van der Waals surface area contributed by atoms with E-state index in [1.54, 1.807) is 24.3 Å². The summed E-state index contributed by atoms with van der Waals surface area (Å²) in [6, 6.07) is 6.87. The molecule has 0 aromatic heterocycles. The van der Waals surface area contributed by atoms with Crippen LogP contribution >= 0.6 is 11.6 Å². The van der Waals surface area contributed by atoms with Gasteiger partial charge in [0.25, 0.3) is 5.91 Å². The maximum Gasteiger partial charge on any atom is 0.257 e. The van der Waals surface area contributed by atoms with Crippen molar-refractivity contribution in [2.24, 2.45) is 11.7 Å². The molecule has 0 saturated heterocycles. The lowest BCUT2D eigenvalue weighted by molar-refractivity contribution is -0.123. The first kappa shape index (κ1) is 13.8. The van der Waals surface area contributed by atoms with E-state index in [2.05, 4.69) is 5.32 Å². The van der Waals surface area contributed by atoms with E-state index in [4.69, 9.17) is 22.1 Å². The smallest absolute Gasteiger partial charge is 0.257 e. The van der Waals surface area contributed by atoms with Crippen LogP contribution in [0.15, 0.2) is 24.3 Å². The maximum absolute atomic E-state index is 11.4. The fourth-order valence-electron chi connectivity index (χ4n) is 1.10. The van der Waals surface area contributed by atoms with Crippen LogP contribution in [0.25, 0.3) is 0 Å². The molecule has 1 aromatic carbocycles. The normalized spacial score (nSPS) is 11.9. The quantitative estimate of drug-likeness (QED) is 0.809. The molecule has 0 radical (unpaired) electrons. The van der Waals surface area contributed by atoms with Crippen molar-refractivity contribution in [1.82, 2.24) is 5.32 Å². The first-order valence-corrected chi connectivity index (χ1v) is 5.84. The standard InChI is InChI=1S/C12H17ClN2O2/c1-9(6-14)7-15-12(16)8-17-11-4-2-10(13)3-5-11/h2-5,9H,6-8,14H2,1H3,(H,15,16). The van der Waals surface area contributed by atoms with E-state index in [-0.39, 0.29) is 18.4 Å². The first-order valence-electron chi connectivity index (χ1n) is 5.47. The fourth-order valence-corrected chi connectivity index (χ4v) is 1.23. The van der Waals surface area contributed by atoms with E-state index >= 15 is 0 Å². The predicted octanol–water partition coefficient (Wildman–Crippen LogP) is 1.43. The van der Waals surface area contributed by atoms with Crippen LogP contribution in [0.2, 0.25) is 5.02 Å². The Hall–Kier alpha value is -1.26. The number of hydrogen-bond donors (Lipinski definition) is 2. The van der Waals surface area contributed by atoms with Crippen LogP contribution in [0.1, 0.15) is 6.92 Å². The third-order valence-corrected chi connectivity index (χ3v) is 2.49. The van der Waals surface area contributed by atoms with Gasteiger partial charge in [-0.15, -0.1) is 0 Å². The molecule has 3 N–H and O–H groups in total. The molecule has 0 heterocycles. The van der Waals surface area contributed by atoms with Crippen molar-refractivity contribution in [2.75, 3.05) is 19.7 Å². The van der Waals surface area contributed by atoms with Crippen molar-refractivity contribution < 1.29 is 9.53 Å². The van der Waals surface area contributed by atoms with E-state index in [0.29, 0.717) is 23.9 Å². The topological polar surface area (TPSA) is 64.3 Å². The predicted molar refractivity (Wildman–Crippen MR) is 68.2 cm³/mol. The average Bonchev–Trinajstić information content (AvgIpc) is 2.35. The van der Waals surface area contributed by atoms with E-state index in [9.17, 15) is 4.79 Å². The zero-order valence-electron chi connectivity index (χ0n) is 9.78. The van der Waals surface area contributed by atoms with E-state index in [1.807, 2.05) is 6.92 Å². The average molecular weight is 257 g/mol. The van der Waals surface area contributed by atoms with Crippen molar-refractivity contribution in [3.8, 4) is 5.75 Å². The molecule has 5 heteroatoms. The zero-order valence-corrected chi connectivity index (χ0v) is 10.5. The Kier molecular flexibility index (Phi) is 5.80. The summed E-state index contributed by atoms with van der Waals surface area (Å²) in [6.45, 7) is 3.09. The zero-order chi connectivity index (χ0) is 12.7. The van der Waals surface area contributed by atoms with Gasteiger partial charge in [0.15, 0.2) is 6.61 Å². The number of rotatable bonds is 6. The highest BCUT2D eigenvalue weighted by molar-refractivity contribution is 6.30. The Morgan fingerprint density at radius 1 is 1.47 bits per heavy atom. The van der Waals surface area contributed by atoms with E-state index in [0.717, 1.165) is 0 Å². The van der Waals surface area contributed by atoms with Crippen molar-refractivity contribution in [3.05, 3.63) is 29.3 Å². The number of amides is 1. The highest BCUT2D eigenvalue weighted by Crippen LogP contribution is 2.15. The second kappa shape index (κ2) is 7.14. The molecule has 1 rings (SSSR count). The fraction of sp³-hybridized carbons (Fsp3) is 0.417. The summed E-state index contributed by atoms with van der Waals surface area (Å²) in [5, 5.41) is 3.38. The molecule has 0 aliphatic heterocycles. The lowest BCUT2D eigenvalue weighted by atomic mass is 10.2. The van der Waals surface area contributed by atoms with Crippen molar-refractivity contribution in [3.63, 3.8) is 0 Å². The molecule has 1 unspecified atom stereocenters. The minimum atomic E-state index is -0.153. The van der Waals surface area contributed by atoms with Crippen molar-refractivity contribution in [1.29, 1.82) is 0 Å². The van der Waals surface area contributed by atoms with Crippen LogP contribution in [0, 0.1) is 5.92 Å². The molecule has 1 aromatic rings. The molecule has 1 atom stereocenters. The van der Waals surface area contributed by atoms with Gasteiger partial charge in [-0.05, 0) is 36.7 Å². The number of hydrogen-bond acceptors (Lipinski definition) is 3. The summed E-state index contributed by atoms with van der Waals surface area (Å²) in [4.78, 5) is 11.4. The van der Waals surface area contributed by atoms with Crippen LogP contribution < -0.4 is 15.8 Å². The molecule has 0 spiro atoms.